The predicted octanol–water partition coefficient (Wildman–Crippen LogP) is 5.96. The molecule has 1 fully saturated rings. The van der Waals surface area contributed by atoms with Crippen molar-refractivity contribution in [1.29, 1.82) is 0 Å². The summed E-state index contributed by atoms with van der Waals surface area (Å²) in [5.74, 6) is 0.0755. The molecule has 2 atom stereocenters. The topological polar surface area (TPSA) is 59.4 Å². The summed E-state index contributed by atoms with van der Waals surface area (Å²) in [6.45, 7) is 4.37. The first kappa shape index (κ1) is 23.8. The first-order valence-corrected chi connectivity index (χ1v) is 12.4. The number of carbonyl (C=O) groups is 1. The summed E-state index contributed by atoms with van der Waals surface area (Å²) in [5.41, 5.74) is 5.58. The van der Waals surface area contributed by atoms with Gasteiger partial charge < -0.3 is 19.5 Å². The standard InChI is InChI=1S/C29H28N4O2S/c1-19(2)20-12-14-22(15-13-20)33-27(26(31-29(33)36)24-10-4-5-16-30-24)25-11-7-17-32(25)23-9-6-8-21(18-23)28(34)35-3/h4-19,26-27H,1-3H3,(H,31,36). The first-order chi connectivity index (χ1) is 17.5. The quantitative estimate of drug-likeness (QED) is 0.263. The zero-order valence-electron chi connectivity index (χ0n) is 20.5. The number of methoxy groups -OCH3 is 1. The Bertz CT molecular complexity index is 1380. The van der Waals surface area contributed by atoms with E-state index in [1.165, 1.54) is 12.7 Å². The van der Waals surface area contributed by atoms with Gasteiger partial charge in [0, 0.05) is 29.5 Å². The van der Waals surface area contributed by atoms with Gasteiger partial charge in [0.05, 0.1) is 24.4 Å². The Balaban J connectivity index is 1.63. The van der Waals surface area contributed by atoms with Gasteiger partial charge in [0.2, 0.25) is 0 Å². The minimum atomic E-state index is -0.368. The number of pyridine rings is 1. The molecule has 1 aliphatic rings. The molecule has 2 unspecified atom stereocenters. The molecule has 0 spiro atoms. The molecule has 7 heteroatoms. The van der Waals surface area contributed by atoms with Crippen LogP contribution in [0.15, 0.2) is 91.3 Å². The van der Waals surface area contributed by atoms with Gasteiger partial charge in [0.15, 0.2) is 5.11 Å². The van der Waals surface area contributed by atoms with Gasteiger partial charge in [0.1, 0.15) is 6.04 Å². The molecular weight excluding hydrogens is 468 g/mol. The Hall–Kier alpha value is -3.97. The van der Waals surface area contributed by atoms with E-state index in [9.17, 15) is 4.79 Å². The highest BCUT2D eigenvalue weighted by atomic mass is 32.1. The molecule has 0 saturated carbocycles. The third-order valence-electron chi connectivity index (χ3n) is 6.56. The minimum Gasteiger partial charge on any atom is -0.465 e. The monoisotopic (exact) mass is 496 g/mol. The number of aromatic nitrogens is 2. The van der Waals surface area contributed by atoms with E-state index in [0.29, 0.717) is 16.6 Å². The largest absolute Gasteiger partial charge is 0.465 e. The molecule has 1 aliphatic heterocycles. The minimum absolute atomic E-state index is 0.166. The molecule has 2 aromatic carbocycles. The molecule has 0 aliphatic carbocycles. The molecular formula is C29H28N4O2S. The number of carbonyl (C=O) groups excluding carboxylic acids is 1. The summed E-state index contributed by atoms with van der Waals surface area (Å²) in [5, 5.41) is 4.16. The summed E-state index contributed by atoms with van der Waals surface area (Å²) in [6.07, 6.45) is 3.80. The number of hydrogen-bond donors (Lipinski definition) is 1. The van der Waals surface area contributed by atoms with Crippen LogP contribution in [0.2, 0.25) is 0 Å². The Kier molecular flexibility index (Phi) is 6.57. The second-order valence-electron chi connectivity index (χ2n) is 9.09. The van der Waals surface area contributed by atoms with Crippen LogP contribution in [-0.2, 0) is 4.74 Å². The van der Waals surface area contributed by atoms with Crippen LogP contribution in [0.25, 0.3) is 5.69 Å². The van der Waals surface area contributed by atoms with E-state index >= 15 is 0 Å². The number of nitrogens with zero attached hydrogens (tertiary/aromatic N) is 3. The van der Waals surface area contributed by atoms with E-state index in [1.54, 1.807) is 12.3 Å². The van der Waals surface area contributed by atoms with Crippen LogP contribution in [0.1, 0.15) is 59.2 Å². The van der Waals surface area contributed by atoms with Gasteiger partial charge in [-0.1, -0.05) is 38.1 Å². The number of anilines is 1. The van der Waals surface area contributed by atoms with E-state index < -0.39 is 0 Å². The smallest absolute Gasteiger partial charge is 0.337 e. The van der Waals surface area contributed by atoms with Crippen LogP contribution in [0, 0.1) is 0 Å². The molecule has 0 radical (unpaired) electrons. The zero-order valence-corrected chi connectivity index (χ0v) is 21.3. The number of ether oxygens (including phenoxy) is 1. The van der Waals surface area contributed by atoms with E-state index in [-0.39, 0.29) is 18.1 Å². The van der Waals surface area contributed by atoms with E-state index in [4.69, 9.17) is 17.0 Å². The lowest BCUT2D eigenvalue weighted by molar-refractivity contribution is 0.0600. The highest BCUT2D eigenvalue weighted by Crippen LogP contribution is 2.42. The fourth-order valence-corrected chi connectivity index (χ4v) is 5.07. The van der Waals surface area contributed by atoms with E-state index in [2.05, 4.69) is 63.9 Å². The lowest BCUT2D eigenvalue weighted by atomic mass is 9.99. The van der Waals surface area contributed by atoms with Crippen LogP contribution in [-0.4, -0.2) is 27.7 Å². The summed E-state index contributed by atoms with van der Waals surface area (Å²) in [4.78, 5) is 19.0. The first-order valence-electron chi connectivity index (χ1n) is 11.9. The van der Waals surface area contributed by atoms with Crippen molar-refractivity contribution in [2.75, 3.05) is 12.0 Å². The molecule has 1 saturated heterocycles. The second kappa shape index (κ2) is 9.95. The normalized spacial score (nSPS) is 17.3. The molecule has 6 nitrogen and oxygen atoms in total. The van der Waals surface area contributed by atoms with Crippen molar-refractivity contribution in [1.82, 2.24) is 14.9 Å². The average Bonchev–Trinajstić information content (AvgIpc) is 3.53. The summed E-state index contributed by atoms with van der Waals surface area (Å²) in [7, 11) is 1.39. The average molecular weight is 497 g/mol. The molecule has 3 heterocycles. The third kappa shape index (κ3) is 4.38. The lowest BCUT2D eigenvalue weighted by Crippen LogP contribution is -2.30. The van der Waals surface area contributed by atoms with Crippen LogP contribution >= 0.6 is 12.2 Å². The molecule has 2 aromatic heterocycles. The lowest BCUT2D eigenvalue weighted by Gasteiger charge is -2.29. The molecule has 182 valence electrons. The van der Waals surface area contributed by atoms with Crippen molar-refractivity contribution >= 4 is 29.0 Å². The Labute approximate surface area is 216 Å². The SMILES string of the molecule is COC(=O)c1cccc(-n2cccc2C2C(c3ccccn3)NC(=S)N2c2ccc(C(C)C)cc2)c1. The zero-order chi connectivity index (χ0) is 25.2. The van der Waals surface area contributed by atoms with Crippen molar-refractivity contribution in [2.24, 2.45) is 0 Å². The Morgan fingerprint density at radius 3 is 2.50 bits per heavy atom. The van der Waals surface area contributed by atoms with E-state index in [0.717, 1.165) is 22.8 Å². The maximum Gasteiger partial charge on any atom is 0.337 e. The molecule has 0 amide bonds. The van der Waals surface area contributed by atoms with Crippen molar-refractivity contribution < 1.29 is 9.53 Å². The van der Waals surface area contributed by atoms with Gasteiger partial charge in [-0.25, -0.2) is 4.79 Å². The number of benzene rings is 2. The van der Waals surface area contributed by atoms with E-state index in [1.807, 2.05) is 48.7 Å². The van der Waals surface area contributed by atoms with Gasteiger partial charge in [-0.3, -0.25) is 4.98 Å². The number of rotatable bonds is 6. The van der Waals surface area contributed by atoms with Crippen molar-refractivity contribution in [3.8, 4) is 5.69 Å². The Morgan fingerprint density at radius 2 is 1.81 bits per heavy atom. The number of nitrogens with one attached hydrogen (secondary N) is 1. The number of esters is 1. The fourth-order valence-electron chi connectivity index (χ4n) is 4.72. The van der Waals surface area contributed by atoms with Gasteiger partial charge in [-0.2, -0.15) is 0 Å². The van der Waals surface area contributed by atoms with Gasteiger partial charge >= 0.3 is 5.97 Å². The highest BCUT2D eigenvalue weighted by Gasteiger charge is 2.42. The number of hydrogen-bond acceptors (Lipinski definition) is 4. The molecule has 0 bridgehead atoms. The molecule has 36 heavy (non-hydrogen) atoms. The van der Waals surface area contributed by atoms with Crippen LogP contribution < -0.4 is 10.2 Å². The van der Waals surface area contributed by atoms with Crippen LogP contribution in [0.4, 0.5) is 5.69 Å². The third-order valence-corrected chi connectivity index (χ3v) is 6.88. The van der Waals surface area contributed by atoms with Crippen molar-refractivity contribution in [2.45, 2.75) is 31.8 Å². The van der Waals surface area contributed by atoms with Gasteiger partial charge in [-0.15, -0.1) is 0 Å². The maximum atomic E-state index is 12.2. The molecule has 1 N–H and O–H groups in total. The second-order valence-corrected chi connectivity index (χ2v) is 9.47. The van der Waals surface area contributed by atoms with Crippen LogP contribution in [0.3, 0.4) is 0 Å². The summed E-state index contributed by atoms with van der Waals surface area (Å²) < 4.78 is 7.03. The fraction of sp³-hybridized carbons (Fsp3) is 0.207. The predicted molar refractivity (Wildman–Crippen MR) is 146 cm³/mol. The van der Waals surface area contributed by atoms with Crippen molar-refractivity contribution in [3.05, 3.63) is 114 Å². The molecule has 4 aromatic rings. The summed E-state index contributed by atoms with van der Waals surface area (Å²) in [6, 6.07) is 25.7. The Morgan fingerprint density at radius 1 is 1.00 bits per heavy atom. The van der Waals surface area contributed by atoms with Gasteiger partial charge in [-0.05, 0) is 78.3 Å². The van der Waals surface area contributed by atoms with Crippen molar-refractivity contribution in [3.63, 3.8) is 0 Å². The highest BCUT2D eigenvalue weighted by molar-refractivity contribution is 7.80. The van der Waals surface area contributed by atoms with Gasteiger partial charge in [0.25, 0.3) is 0 Å². The maximum absolute atomic E-state index is 12.2. The number of thiocarbonyl (C=S) groups is 1. The van der Waals surface area contributed by atoms with Crippen LogP contribution in [0.5, 0.6) is 0 Å². The molecule has 5 rings (SSSR count). The summed E-state index contributed by atoms with van der Waals surface area (Å²) >= 11 is 5.88.